The predicted octanol–water partition coefficient (Wildman–Crippen LogP) is 3.24. The molecular formula is C8H22BP2V2-2. The minimum atomic E-state index is 0. The summed E-state index contributed by atoms with van der Waals surface area (Å²) in [4.78, 5) is 0. The summed E-state index contributed by atoms with van der Waals surface area (Å²) < 4.78 is 0. The second-order valence-corrected chi connectivity index (χ2v) is 4.22. The molecule has 5 heteroatoms. The summed E-state index contributed by atoms with van der Waals surface area (Å²) >= 11 is 0. The molecule has 0 rings (SSSR count). The van der Waals surface area contributed by atoms with Gasteiger partial charge in [-0.15, -0.1) is 8.58 Å². The first-order valence-electron chi connectivity index (χ1n) is 3.33. The third-order valence-electron chi connectivity index (χ3n) is 1.11. The Morgan fingerprint density at radius 3 is 1.46 bits per heavy atom. The fourth-order valence-corrected chi connectivity index (χ4v) is 0.612. The second kappa shape index (κ2) is 36.9. The van der Waals surface area contributed by atoms with Gasteiger partial charge in [-0.2, -0.15) is 0 Å². The molecule has 5 radical (unpaired) electrons. The minimum Gasteiger partial charge on any atom is -0.358 e. The second-order valence-electron chi connectivity index (χ2n) is 1.95. The van der Waals surface area contributed by atoms with E-state index in [2.05, 4.69) is 27.2 Å². The molecule has 0 aromatic rings. The molecule has 3 atom stereocenters. The Morgan fingerprint density at radius 2 is 1.46 bits per heavy atom. The summed E-state index contributed by atoms with van der Waals surface area (Å²) in [7, 11) is 1.96. The van der Waals surface area contributed by atoms with Crippen molar-refractivity contribution in [2.45, 2.75) is 25.9 Å². The molecule has 0 heterocycles. The molecule has 13 heavy (non-hydrogen) atoms. The maximum absolute atomic E-state index is 3.51. The van der Waals surface area contributed by atoms with Crippen molar-refractivity contribution in [3.05, 3.63) is 14.1 Å². The van der Waals surface area contributed by atoms with Crippen LogP contribution in [-0.2, 0) is 37.1 Å². The molecule has 3 unspecified atom stereocenters. The van der Waals surface area contributed by atoms with Gasteiger partial charge < -0.3 is 14.1 Å². The van der Waals surface area contributed by atoms with Gasteiger partial charge in [0, 0.05) is 45.5 Å². The summed E-state index contributed by atoms with van der Waals surface area (Å²) in [6.07, 6.45) is 1.34. The van der Waals surface area contributed by atoms with Crippen LogP contribution in [0.4, 0.5) is 0 Å². The zero-order valence-corrected chi connectivity index (χ0v) is 14.3. The van der Waals surface area contributed by atoms with Crippen LogP contribution in [0.1, 0.15) is 20.3 Å². The Balaban J connectivity index is -0.0000000160. The average Bonchev–Trinajstić information content (AvgIpc) is 1.88. The van der Waals surface area contributed by atoms with E-state index >= 15 is 0 Å². The molecule has 0 fully saturated rings. The third kappa shape index (κ3) is 55.5. The standard InChI is InChI=1S/C5H13P.C2H6P.CH3.B.2V/c1-4-5(2)6-3;1-3-2;;;;/h5-6H,4H2,1-3H3;3H,1H2,2H3;1H3;;;/q;2*-1;;;. The maximum atomic E-state index is 3.51. The Bertz CT molecular complexity index is 47.1. The van der Waals surface area contributed by atoms with Gasteiger partial charge in [0.1, 0.15) is 0 Å². The van der Waals surface area contributed by atoms with Gasteiger partial charge >= 0.3 is 0 Å². The normalized spacial score (nSPS) is 9.92. The van der Waals surface area contributed by atoms with Gasteiger partial charge in [0.05, 0.1) is 0 Å². The monoisotopic (exact) mass is 293 g/mol. The van der Waals surface area contributed by atoms with Crippen LogP contribution in [0, 0.1) is 14.1 Å². The van der Waals surface area contributed by atoms with Crippen LogP contribution in [0.2, 0.25) is 0 Å². The Labute approximate surface area is 115 Å². The van der Waals surface area contributed by atoms with Gasteiger partial charge in [0.2, 0.25) is 0 Å². The van der Waals surface area contributed by atoms with E-state index in [4.69, 9.17) is 0 Å². The molecule has 0 aliphatic rings. The summed E-state index contributed by atoms with van der Waals surface area (Å²) in [5.74, 6) is 0. The summed E-state index contributed by atoms with van der Waals surface area (Å²) in [5.41, 5.74) is 0.963. The average molecular weight is 293 g/mol. The molecule has 0 amide bonds. The third-order valence-corrected chi connectivity index (χ3v) is 2.50. The van der Waals surface area contributed by atoms with Crippen molar-refractivity contribution in [1.29, 1.82) is 0 Å². The molecule has 79 valence electrons. The molecular weight excluding hydrogens is 271 g/mol. The molecule has 0 aliphatic heterocycles. The minimum absolute atomic E-state index is 0. The first-order chi connectivity index (χ1) is 4.22. The number of rotatable bonds is 2. The van der Waals surface area contributed by atoms with Crippen LogP contribution in [0.25, 0.3) is 0 Å². The maximum Gasteiger partial charge on any atom is 0 e. The van der Waals surface area contributed by atoms with E-state index in [9.17, 15) is 0 Å². The SMILES string of the molecule is CCC(C)PC.[B].[CH2-]PC.[CH3-].[V].[V]. The van der Waals surface area contributed by atoms with E-state index < -0.39 is 0 Å². The Morgan fingerprint density at radius 1 is 1.23 bits per heavy atom. The van der Waals surface area contributed by atoms with Crippen LogP contribution >= 0.6 is 17.2 Å². The fourth-order valence-electron chi connectivity index (χ4n) is 0.204. The van der Waals surface area contributed by atoms with Crippen LogP contribution in [0.15, 0.2) is 0 Å². The Kier molecular flexibility index (Phi) is 103. The molecule has 0 spiro atoms. The van der Waals surface area contributed by atoms with Gasteiger partial charge in [-0.05, 0) is 18.7 Å². The molecule has 0 saturated heterocycles. The van der Waals surface area contributed by atoms with Gasteiger partial charge in [-0.1, -0.05) is 20.5 Å². The van der Waals surface area contributed by atoms with E-state index in [0.717, 1.165) is 22.8 Å². The van der Waals surface area contributed by atoms with Crippen LogP contribution in [0.5, 0.6) is 0 Å². The van der Waals surface area contributed by atoms with E-state index in [1.807, 2.05) is 6.66 Å². The zero-order chi connectivity index (χ0) is 7.70. The predicted molar refractivity (Wildman–Crippen MR) is 65.8 cm³/mol. The van der Waals surface area contributed by atoms with Crippen molar-refractivity contribution in [3.63, 3.8) is 0 Å². The first kappa shape index (κ1) is 36.3. The van der Waals surface area contributed by atoms with Crippen molar-refractivity contribution in [2.75, 3.05) is 13.3 Å². The van der Waals surface area contributed by atoms with Crippen LogP contribution in [0.3, 0.4) is 0 Å². The topological polar surface area (TPSA) is 0 Å². The summed E-state index contributed by atoms with van der Waals surface area (Å²) in [6.45, 7) is 12.3. The number of hydrogen-bond acceptors (Lipinski definition) is 0. The smallest absolute Gasteiger partial charge is 0 e. The molecule has 0 aromatic heterocycles. The van der Waals surface area contributed by atoms with Crippen molar-refractivity contribution in [3.8, 4) is 0 Å². The van der Waals surface area contributed by atoms with Gasteiger partial charge in [-0.3, -0.25) is 8.58 Å². The summed E-state index contributed by atoms with van der Waals surface area (Å²) in [6, 6.07) is 0. The van der Waals surface area contributed by atoms with Gasteiger partial charge in [0.25, 0.3) is 0 Å². The van der Waals surface area contributed by atoms with Gasteiger partial charge in [0.15, 0.2) is 0 Å². The Hall–Kier alpha value is 2.09. The van der Waals surface area contributed by atoms with E-state index in [-0.39, 0.29) is 53.0 Å². The molecule has 0 nitrogen and oxygen atoms in total. The van der Waals surface area contributed by atoms with Crippen LogP contribution < -0.4 is 0 Å². The van der Waals surface area contributed by atoms with E-state index in [0.29, 0.717) is 0 Å². The zero-order valence-electron chi connectivity index (χ0n) is 9.46. The molecule has 0 N–H and O–H groups in total. The van der Waals surface area contributed by atoms with Crippen molar-refractivity contribution in [1.82, 2.24) is 0 Å². The first-order valence-corrected chi connectivity index (χ1v) is 6.62. The fraction of sp³-hybridized carbons (Fsp3) is 0.750. The summed E-state index contributed by atoms with van der Waals surface area (Å²) in [5, 5.41) is 0. The van der Waals surface area contributed by atoms with Crippen molar-refractivity contribution >= 4 is 25.6 Å². The quantitative estimate of drug-likeness (QED) is 0.416. The number of hydrogen-bond donors (Lipinski definition) is 0. The largest absolute Gasteiger partial charge is 0.358 e. The van der Waals surface area contributed by atoms with E-state index in [1.165, 1.54) is 6.42 Å². The molecule has 0 aliphatic carbocycles. The molecule has 0 bridgehead atoms. The van der Waals surface area contributed by atoms with Crippen molar-refractivity contribution in [2.24, 2.45) is 0 Å². The molecule has 0 aromatic carbocycles. The molecule has 0 saturated carbocycles. The van der Waals surface area contributed by atoms with Gasteiger partial charge in [-0.25, -0.2) is 0 Å². The van der Waals surface area contributed by atoms with E-state index in [1.54, 1.807) is 0 Å². The van der Waals surface area contributed by atoms with Crippen molar-refractivity contribution < 1.29 is 37.1 Å². The van der Waals surface area contributed by atoms with Crippen LogP contribution in [-0.4, -0.2) is 27.4 Å².